The average molecular weight is 474 g/mol. The molecule has 0 heterocycles. The number of hydrogen-bond acceptors (Lipinski definition) is 4. The van der Waals surface area contributed by atoms with Gasteiger partial charge in [0.25, 0.3) is 5.91 Å². The summed E-state index contributed by atoms with van der Waals surface area (Å²) in [6, 6.07) is 13.2. The third kappa shape index (κ3) is 7.17. The Morgan fingerprint density at radius 3 is 2.33 bits per heavy atom. The van der Waals surface area contributed by atoms with Crippen molar-refractivity contribution in [3.8, 4) is 0 Å². The van der Waals surface area contributed by atoms with Gasteiger partial charge in [-0.1, -0.05) is 62.7 Å². The third-order valence-electron chi connectivity index (χ3n) is 5.92. The molecule has 0 saturated heterocycles. The van der Waals surface area contributed by atoms with Gasteiger partial charge in [0.2, 0.25) is 11.8 Å². The summed E-state index contributed by atoms with van der Waals surface area (Å²) in [4.78, 5) is 38.1. The van der Waals surface area contributed by atoms with Gasteiger partial charge >= 0.3 is 0 Å². The quantitative estimate of drug-likeness (QED) is 0.228. The number of carbonyl (C=O) groups excluding carboxylic acids is 3. The van der Waals surface area contributed by atoms with E-state index in [1.54, 1.807) is 0 Å². The molecular weight excluding hydrogens is 442 g/mol. The molecule has 178 valence electrons. The highest BCUT2D eigenvalue weighted by Gasteiger charge is 2.35. The summed E-state index contributed by atoms with van der Waals surface area (Å²) in [6.07, 6.45) is 3.20. The summed E-state index contributed by atoms with van der Waals surface area (Å²) in [6.45, 7) is 4.02. The van der Waals surface area contributed by atoms with Gasteiger partial charge in [0.15, 0.2) is 0 Å². The number of nitrogens with one attached hydrogen (secondary N) is 3. The molecule has 3 amide bonds. The van der Waals surface area contributed by atoms with Gasteiger partial charge in [0, 0.05) is 12.5 Å². The molecule has 2 aromatic rings. The van der Waals surface area contributed by atoms with Crippen LogP contribution in [-0.4, -0.2) is 40.4 Å². The Balaban J connectivity index is 1.79. The Kier molecular flexibility index (Phi) is 8.69. The van der Waals surface area contributed by atoms with Crippen molar-refractivity contribution in [3.05, 3.63) is 48.0 Å². The zero-order valence-electron chi connectivity index (χ0n) is 19.0. The lowest BCUT2D eigenvalue weighted by atomic mass is 9.92. The molecule has 1 aliphatic carbocycles. The van der Waals surface area contributed by atoms with Crippen LogP contribution in [0.15, 0.2) is 42.5 Å². The van der Waals surface area contributed by atoms with Crippen LogP contribution >= 0.6 is 11.6 Å². The first-order valence-electron chi connectivity index (χ1n) is 11.4. The number of rotatable bonds is 11. The maximum Gasteiger partial charge on any atom is 0.262 e. The van der Waals surface area contributed by atoms with Crippen molar-refractivity contribution in [3.63, 3.8) is 0 Å². The van der Waals surface area contributed by atoms with E-state index >= 15 is 0 Å². The zero-order valence-corrected chi connectivity index (χ0v) is 19.8. The number of alkyl halides is 1. The lowest BCUT2D eigenvalue weighted by Crippen LogP contribution is -2.52. The van der Waals surface area contributed by atoms with E-state index in [4.69, 9.17) is 16.8 Å². The number of fused-ring (bicyclic) bond motifs is 1. The molecule has 1 saturated carbocycles. The summed E-state index contributed by atoms with van der Waals surface area (Å²) in [5.74, 6) is -2.15. The second-order valence-corrected chi connectivity index (χ2v) is 9.66. The molecule has 0 aliphatic heterocycles. The van der Waals surface area contributed by atoms with Gasteiger partial charge in [-0.3, -0.25) is 19.6 Å². The van der Waals surface area contributed by atoms with Crippen molar-refractivity contribution in [1.29, 1.82) is 0 Å². The Labute approximate surface area is 199 Å². The molecule has 3 atom stereocenters. The highest BCUT2D eigenvalue weighted by Crippen LogP contribution is 2.23. The normalized spacial score (nSPS) is 16.2. The minimum Gasteiger partial charge on any atom is -0.352 e. The molecule has 2 aromatic carbocycles. The molecule has 0 aromatic heterocycles. The molecule has 4 N–H and O–H groups in total. The van der Waals surface area contributed by atoms with E-state index in [1.807, 2.05) is 56.3 Å². The van der Waals surface area contributed by atoms with Crippen LogP contribution in [0.3, 0.4) is 0 Å². The van der Waals surface area contributed by atoms with Gasteiger partial charge in [-0.25, -0.2) is 5.48 Å². The Bertz CT molecular complexity index is 993. The lowest BCUT2D eigenvalue weighted by molar-refractivity contribution is -0.136. The zero-order chi connectivity index (χ0) is 24.0. The molecular formula is C25H32ClN3O4. The van der Waals surface area contributed by atoms with Gasteiger partial charge in [-0.15, -0.1) is 11.6 Å². The first kappa shape index (κ1) is 25.0. The molecule has 0 bridgehead atoms. The summed E-state index contributed by atoms with van der Waals surface area (Å²) in [7, 11) is 0. The molecule has 0 radical (unpaired) electrons. The maximum absolute atomic E-state index is 13.2. The fraction of sp³-hybridized carbons (Fsp3) is 0.480. The maximum atomic E-state index is 13.2. The third-order valence-corrected chi connectivity index (χ3v) is 6.42. The van der Waals surface area contributed by atoms with Crippen LogP contribution in [0.4, 0.5) is 0 Å². The lowest BCUT2D eigenvalue weighted by Gasteiger charge is -2.25. The van der Waals surface area contributed by atoms with Crippen LogP contribution in [0.1, 0.15) is 45.1 Å². The fourth-order valence-corrected chi connectivity index (χ4v) is 4.08. The second kappa shape index (κ2) is 11.5. The van der Waals surface area contributed by atoms with Crippen LogP contribution in [0.25, 0.3) is 10.8 Å². The first-order valence-corrected chi connectivity index (χ1v) is 11.9. The predicted octanol–water partition coefficient (Wildman–Crippen LogP) is 3.31. The van der Waals surface area contributed by atoms with Gasteiger partial charge in [0.1, 0.15) is 11.4 Å². The second-order valence-electron chi connectivity index (χ2n) is 9.19. The number of hydrogen-bond donors (Lipinski definition) is 4. The number of halogens is 1. The van der Waals surface area contributed by atoms with Crippen molar-refractivity contribution in [2.24, 2.45) is 11.8 Å². The van der Waals surface area contributed by atoms with Crippen LogP contribution in [0.5, 0.6) is 0 Å². The van der Waals surface area contributed by atoms with Crippen LogP contribution in [0, 0.1) is 11.8 Å². The van der Waals surface area contributed by atoms with Gasteiger partial charge in [-0.05, 0) is 41.5 Å². The van der Waals surface area contributed by atoms with E-state index in [-0.39, 0.29) is 11.9 Å². The smallest absolute Gasteiger partial charge is 0.262 e. The minimum atomic E-state index is -1.25. The van der Waals surface area contributed by atoms with E-state index in [1.165, 1.54) is 5.48 Å². The van der Waals surface area contributed by atoms with Gasteiger partial charge < -0.3 is 10.6 Å². The Morgan fingerprint density at radius 1 is 1.00 bits per heavy atom. The Morgan fingerprint density at radius 2 is 1.70 bits per heavy atom. The van der Waals surface area contributed by atoms with Crippen LogP contribution in [-0.2, 0) is 20.8 Å². The average Bonchev–Trinajstić information content (AvgIpc) is 3.61. The van der Waals surface area contributed by atoms with E-state index in [2.05, 4.69) is 10.6 Å². The molecule has 1 fully saturated rings. The van der Waals surface area contributed by atoms with E-state index in [0.29, 0.717) is 25.2 Å². The van der Waals surface area contributed by atoms with Crippen molar-refractivity contribution in [2.45, 2.75) is 63.4 Å². The molecule has 33 heavy (non-hydrogen) atoms. The summed E-state index contributed by atoms with van der Waals surface area (Å²) in [5, 5.41) is 15.7. The van der Waals surface area contributed by atoms with Crippen LogP contribution < -0.4 is 16.1 Å². The monoisotopic (exact) mass is 473 g/mol. The van der Waals surface area contributed by atoms with Gasteiger partial charge in [0.05, 0.1) is 5.92 Å². The molecule has 8 heteroatoms. The highest BCUT2D eigenvalue weighted by molar-refractivity contribution is 6.32. The van der Waals surface area contributed by atoms with Crippen molar-refractivity contribution in [1.82, 2.24) is 16.1 Å². The fourth-order valence-electron chi connectivity index (χ4n) is 3.79. The van der Waals surface area contributed by atoms with Crippen molar-refractivity contribution < 1.29 is 19.6 Å². The number of carbonyl (C=O) groups is 3. The largest absolute Gasteiger partial charge is 0.352 e. The number of benzene rings is 2. The summed E-state index contributed by atoms with van der Waals surface area (Å²) < 4.78 is 0. The minimum absolute atomic E-state index is 0.145. The number of amides is 3. The predicted molar refractivity (Wildman–Crippen MR) is 128 cm³/mol. The van der Waals surface area contributed by atoms with Crippen molar-refractivity contribution >= 4 is 40.1 Å². The first-order chi connectivity index (χ1) is 15.8. The van der Waals surface area contributed by atoms with Crippen molar-refractivity contribution in [2.75, 3.05) is 0 Å². The SMILES string of the molecule is CC(C)CC[C@@H](C(=O)N[C@@H](Cc1ccc2ccccc2c1)C(=O)NC1CC1)[C@@H](Cl)C(=O)NO. The van der Waals surface area contributed by atoms with E-state index < -0.39 is 29.2 Å². The molecule has 3 rings (SSSR count). The number of hydroxylamine groups is 1. The standard InChI is InChI=1S/C25H32ClN3O4/c1-15(2)7-12-20(22(26)25(32)29-33)23(30)28-21(24(31)27-19-10-11-19)14-16-8-9-17-5-3-4-6-18(17)13-16/h3-6,8-9,13,15,19-22,33H,7,10-12,14H2,1-2H3,(H,27,31)(H,28,30)(H,29,32)/t20-,21+,22-/m1/s1. The topological polar surface area (TPSA) is 108 Å². The van der Waals surface area contributed by atoms with Crippen LogP contribution in [0.2, 0.25) is 0 Å². The molecule has 1 aliphatic rings. The van der Waals surface area contributed by atoms with Gasteiger partial charge in [-0.2, -0.15) is 0 Å². The molecule has 0 spiro atoms. The summed E-state index contributed by atoms with van der Waals surface area (Å²) in [5.41, 5.74) is 2.44. The van der Waals surface area contributed by atoms with E-state index in [0.717, 1.165) is 29.2 Å². The van der Waals surface area contributed by atoms with E-state index in [9.17, 15) is 14.4 Å². The molecule has 7 nitrogen and oxygen atoms in total. The molecule has 0 unspecified atom stereocenters. The summed E-state index contributed by atoms with van der Waals surface area (Å²) >= 11 is 6.23. The Hall–Kier alpha value is -2.64. The highest BCUT2D eigenvalue weighted by atomic mass is 35.5.